The van der Waals surface area contributed by atoms with E-state index in [1.165, 1.54) is 0 Å². The minimum absolute atomic E-state index is 0.249. The summed E-state index contributed by atoms with van der Waals surface area (Å²) in [5.41, 5.74) is -0.615. The zero-order valence-corrected chi connectivity index (χ0v) is 13.7. The average Bonchev–Trinajstić information content (AvgIpc) is 2.50. The maximum absolute atomic E-state index is 11.6. The second kappa shape index (κ2) is 7.71. The first kappa shape index (κ1) is 17.9. The second-order valence-electron chi connectivity index (χ2n) is 3.50. The van der Waals surface area contributed by atoms with E-state index in [1.807, 2.05) is 0 Å². The quantitative estimate of drug-likeness (QED) is 0.380. The van der Waals surface area contributed by atoms with Gasteiger partial charge in [0.1, 0.15) is 7.69 Å². The number of methoxy groups -OCH3 is 4. The van der Waals surface area contributed by atoms with Gasteiger partial charge in [0.05, 0.1) is 28.4 Å². The van der Waals surface area contributed by atoms with Crippen molar-refractivity contribution in [3.05, 3.63) is 7.69 Å². The highest BCUT2D eigenvalue weighted by atomic mass is 32.2. The smallest absolute Gasteiger partial charge is 0.347 e. The van der Waals surface area contributed by atoms with Crippen LogP contribution in [0.25, 0.3) is 11.1 Å². The first-order valence-electron chi connectivity index (χ1n) is 5.58. The molecule has 0 amide bonds. The molecule has 22 heavy (non-hydrogen) atoms. The number of ether oxygens (including phenoxy) is 4. The molecule has 1 aromatic heterocycles. The minimum Gasteiger partial charge on any atom is -0.465 e. The van der Waals surface area contributed by atoms with Crippen molar-refractivity contribution < 1.29 is 38.1 Å². The van der Waals surface area contributed by atoms with E-state index in [0.717, 1.165) is 51.1 Å². The van der Waals surface area contributed by atoms with Crippen LogP contribution in [0.3, 0.4) is 0 Å². The molecule has 8 nitrogen and oxygen atoms in total. The molecule has 0 saturated carbocycles. The third-order valence-electron chi connectivity index (χ3n) is 2.34. The van der Waals surface area contributed by atoms with E-state index in [-0.39, 0.29) is 18.8 Å². The molecule has 0 atom stereocenters. The zero-order valence-electron chi connectivity index (χ0n) is 12.1. The molecule has 1 rings (SSSR count). The van der Waals surface area contributed by atoms with Gasteiger partial charge in [-0.2, -0.15) is 0 Å². The molecule has 0 aromatic carbocycles. The van der Waals surface area contributed by atoms with Gasteiger partial charge in [-0.3, -0.25) is 0 Å². The normalized spacial score (nSPS) is 9.64. The molecule has 0 radical (unpaired) electrons. The summed E-state index contributed by atoms with van der Waals surface area (Å²) in [5, 5.41) is 0. The number of carbonyl (C=O) groups is 4. The lowest BCUT2D eigenvalue weighted by Crippen LogP contribution is -2.29. The summed E-state index contributed by atoms with van der Waals surface area (Å²) in [4.78, 5) is 46.4. The van der Waals surface area contributed by atoms with Crippen LogP contribution < -0.4 is 7.69 Å². The lowest BCUT2D eigenvalue weighted by atomic mass is 10.3. The van der Waals surface area contributed by atoms with Gasteiger partial charge in [-0.25, -0.2) is 19.2 Å². The first-order chi connectivity index (χ1) is 10.4. The van der Waals surface area contributed by atoms with Crippen LogP contribution in [-0.2, 0) is 38.1 Å². The van der Waals surface area contributed by atoms with E-state index >= 15 is 0 Å². The Kier molecular flexibility index (Phi) is 6.25. The third-order valence-corrected chi connectivity index (χ3v) is 4.90. The van der Waals surface area contributed by atoms with Gasteiger partial charge in [-0.15, -0.1) is 22.7 Å². The second-order valence-corrected chi connectivity index (χ2v) is 6.05. The predicted molar refractivity (Wildman–Crippen MR) is 76.3 cm³/mol. The molecule has 0 aliphatic carbocycles. The van der Waals surface area contributed by atoms with Crippen LogP contribution in [0.2, 0.25) is 0 Å². The molecule has 0 N–H and O–H groups in total. The molecule has 0 aliphatic rings. The highest BCUT2D eigenvalue weighted by molar-refractivity contribution is 7.36. The van der Waals surface area contributed by atoms with Gasteiger partial charge in [-0.05, 0) is 0 Å². The Hall–Kier alpha value is -2.20. The van der Waals surface area contributed by atoms with Crippen molar-refractivity contribution in [2.24, 2.45) is 0 Å². The van der Waals surface area contributed by atoms with Gasteiger partial charge in [0.2, 0.25) is 0 Å². The number of hydrogen-bond acceptors (Lipinski definition) is 10. The lowest BCUT2D eigenvalue weighted by molar-refractivity contribution is -0.141. The maximum atomic E-state index is 11.6. The summed E-state index contributed by atoms with van der Waals surface area (Å²) in [7, 11) is 4.46. The fourth-order valence-corrected chi connectivity index (χ4v) is 3.47. The van der Waals surface area contributed by atoms with Gasteiger partial charge in [-0.1, -0.05) is 0 Å². The van der Waals surface area contributed by atoms with Crippen molar-refractivity contribution in [3.63, 3.8) is 0 Å². The minimum atomic E-state index is -0.876. The van der Waals surface area contributed by atoms with E-state index in [9.17, 15) is 19.2 Å². The molecule has 1 aromatic rings. The van der Waals surface area contributed by atoms with Crippen LogP contribution in [0.15, 0.2) is 0 Å². The molecule has 0 fully saturated rings. The molecule has 0 unspecified atom stereocenters. The number of hydrogen-bond donors (Lipinski definition) is 0. The van der Waals surface area contributed by atoms with E-state index in [0.29, 0.717) is 0 Å². The zero-order chi connectivity index (χ0) is 16.9. The van der Waals surface area contributed by atoms with Crippen molar-refractivity contribution in [2.75, 3.05) is 28.4 Å². The Balaban J connectivity index is 3.54. The summed E-state index contributed by atoms with van der Waals surface area (Å²) in [6.07, 6.45) is 0. The highest BCUT2D eigenvalue weighted by Crippen LogP contribution is 2.08. The molecular weight excluding hydrogens is 336 g/mol. The fraction of sp³-hybridized carbons (Fsp3) is 0.333. The Morgan fingerprint density at radius 1 is 0.591 bits per heavy atom. The molecule has 120 valence electrons. The van der Waals surface area contributed by atoms with Crippen molar-refractivity contribution in [1.82, 2.24) is 0 Å². The Labute approximate surface area is 132 Å². The predicted octanol–water partition coefficient (Wildman–Crippen LogP) is -1.20. The topological polar surface area (TPSA) is 105 Å². The average molecular weight is 348 g/mol. The summed E-state index contributed by atoms with van der Waals surface area (Å²) >= 11 is 1.77. The molecule has 10 heteroatoms. The Morgan fingerprint density at radius 3 is 1.00 bits per heavy atom. The van der Waals surface area contributed by atoms with E-state index in [2.05, 4.69) is 18.9 Å². The molecule has 1 heterocycles. The number of rotatable bonds is 4. The molecular formula is C12H12O8S2. The van der Waals surface area contributed by atoms with Gasteiger partial charge in [0, 0.05) is 0 Å². The molecule has 0 spiro atoms. The van der Waals surface area contributed by atoms with Crippen LogP contribution in [0.5, 0.6) is 0 Å². The van der Waals surface area contributed by atoms with Gasteiger partial charge in [0.15, 0.2) is 11.1 Å². The SMILES string of the molecule is COC(=O)C(C(=O)OC)=c1sc(=C(C(=O)OC)C(=O)OC)s1. The monoisotopic (exact) mass is 348 g/mol. The first-order valence-corrected chi connectivity index (χ1v) is 7.22. The summed E-state index contributed by atoms with van der Waals surface area (Å²) in [6.45, 7) is 0. The van der Waals surface area contributed by atoms with Crippen LogP contribution in [0, 0.1) is 0 Å². The summed E-state index contributed by atoms with van der Waals surface area (Å²) in [6, 6.07) is 0. The van der Waals surface area contributed by atoms with E-state index < -0.39 is 23.9 Å². The standard InChI is InChI=1S/C12H12O8S2/c1-17-7(13)5(8(14)18-2)11-21-12(22-11)6(9(15)19-3)10(16)20-4/h1-4H3. The summed E-state index contributed by atoms with van der Waals surface area (Å²) in [5.74, 6) is -3.51. The largest absolute Gasteiger partial charge is 0.465 e. The summed E-state index contributed by atoms with van der Waals surface area (Å²) < 4.78 is 18.5. The van der Waals surface area contributed by atoms with Crippen molar-refractivity contribution >= 4 is 57.7 Å². The van der Waals surface area contributed by atoms with Crippen LogP contribution >= 0.6 is 22.7 Å². The van der Waals surface area contributed by atoms with Crippen molar-refractivity contribution in [2.45, 2.75) is 0 Å². The van der Waals surface area contributed by atoms with Crippen molar-refractivity contribution in [3.8, 4) is 0 Å². The fourth-order valence-electron chi connectivity index (χ4n) is 1.29. The molecule has 0 saturated heterocycles. The Bertz CT molecular complexity index is 611. The maximum Gasteiger partial charge on any atom is 0.347 e. The third kappa shape index (κ3) is 3.52. The van der Waals surface area contributed by atoms with E-state index in [4.69, 9.17) is 0 Å². The number of esters is 4. The Morgan fingerprint density at radius 2 is 0.818 bits per heavy atom. The number of carbonyl (C=O) groups excluding carboxylic acids is 4. The van der Waals surface area contributed by atoms with Gasteiger partial charge < -0.3 is 18.9 Å². The highest BCUT2D eigenvalue weighted by Gasteiger charge is 2.26. The van der Waals surface area contributed by atoms with Gasteiger partial charge in [0.25, 0.3) is 0 Å². The lowest BCUT2D eigenvalue weighted by Gasteiger charge is -2.06. The molecule has 0 bridgehead atoms. The van der Waals surface area contributed by atoms with E-state index in [1.54, 1.807) is 0 Å². The van der Waals surface area contributed by atoms with Gasteiger partial charge >= 0.3 is 23.9 Å². The van der Waals surface area contributed by atoms with Crippen LogP contribution in [0.4, 0.5) is 0 Å². The van der Waals surface area contributed by atoms with Crippen LogP contribution in [0.1, 0.15) is 0 Å². The molecule has 0 aliphatic heterocycles. The van der Waals surface area contributed by atoms with Crippen LogP contribution in [-0.4, -0.2) is 52.3 Å². The van der Waals surface area contributed by atoms with Crippen molar-refractivity contribution in [1.29, 1.82) is 0 Å².